The van der Waals surface area contributed by atoms with Gasteiger partial charge in [-0.3, -0.25) is 9.69 Å². The summed E-state index contributed by atoms with van der Waals surface area (Å²) < 4.78 is 10.4. The third-order valence-corrected chi connectivity index (χ3v) is 3.76. The Balaban J connectivity index is 2.15. The fourth-order valence-corrected chi connectivity index (χ4v) is 2.72. The summed E-state index contributed by atoms with van der Waals surface area (Å²) in [6.07, 6.45) is -1.21. The molecule has 1 heterocycles. The zero-order valence-electron chi connectivity index (χ0n) is 12.1. The summed E-state index contributed by atoms with van der Waals surface area (Å²) in [5.41, 5.74) is 1.10. The van der Waals surface area contributed by atoms with Gasteiger partial charge in [-0.25, -0.2) is 0 Å². The Labute approximate surface area is 129 Å². The SMILES string of the molecule is CO[C@H](C(=O)N1C(=S)OC[C@H]1Cc1ccccc1)[C@H](C)O. The van der Waals surface area contributed by atoms with Crippen LogP contribution in [0.15, 0.2) is 30.3 Å². The molecule has 1 aromatic carbocycles. The van der Waals surface area contributed by atoms with Crippen LogP contribution in [0.5, 0.6) is 0 Å². The lowest BCUT2D eigenvalue weighted by Gasteiger charge is -2.26. The van der Waals surface area contributed by atoms with Gasteiger partial charge < -0.3 is 14.6 Å². The Morgan fingerprint density at radius 1 is 1.52 bits per heavy atom. The predicted octanol–water partition coefficient (Wildman–Crippen LogP) is 1.14. The molecule has 1 N–H and O–H groups in total. The zero-order chi connectivity index (χ0) is 15.4. The van der Waals surface area contributed by atoms with Crippen molar-refractivity contribution in [3.8, 4) is 0 Å². The summed E-state index contributed by atoms with van der Waals surface area (Å²) in [4.78, 5) is 13.9. The topological polar surface area (TPSA) is 59.0 Å². The standard InChI is InChI=1S/C15H19NO4S/c1-10(17)13(19-2)14(18)16-12(9-20-15(16)21)8-11-6-4-3-5-7-11/h3-7,10,12-13,17H,8-9H2,1-2H3/t10-,12+,13-/m0/s1. The number of thiocarbonyl (C=S) groups is 1. The van der Waals surface area contributed by atoms with Crippen LogP contribution in [0, 0.1) is 0 Å². The fraction of sp³-hybridized carbons (Fsp3) is 0.467. The second kappa shape index (κ2) is 6.98. The fourth-order valence-electron chi connectivity index (χ4n) is 2.41. The van der Waals surface area contributed by atoms with Crippen molar-refractivity contribution in [3.05, 3.63) is 35.9 Å². The van der Waals surface area contributed by atoms with E-state index in [1.807, 2.05) is 30.3 Å². The zero-order valence-corrected chi connectivity index (χ0v) is 12.9. The van der Waals surface area contributed by atoms with Crippen LogP contribution in [0.1, 0.15) is 12.5 Å². The first-order valence-electron chi connectivity index (χ1n) is 6.79. The van der Waals surface area contributed by atoms with Crippen molar-refractivity contribution < 1.29 is 19.4 Å². The maximum Gasteiger partial charge on any atom is 0.266 e. The molecule has 0 aromatic heterocycles. The molecule has 0 radical (unpaired) electrons. The molecule has 3 atom stereocenters. The summed E-state index contributed by atoms with van der Waals surface area (Å²) in [6, 6.07) is 9.64. The number of benzene rings is 1. The highest BCUT2D eigenvalue weighted by Crippen LogP contribution is 2.20. The van der Waals surface area contributed by atoms with E-state index in [2.05, 4.69) is 0 Å². The lowest BCUT2D eigenvalue weighted by molar-refractivity contribution is -0.144. The summed E-state index contributed by atoms with van der Waals surface area (Å²) in [5.74, 6) is -0.365. The molecule has 0 bridgehead atoms. The van der Waals surface area contributed by atoms with Crippen LogP contribution in [0.25, 0.3) is 0 Å². The van der Waals surface area contributed by atoms with Gasteiger partial charge in [-0.2, -0.15) is 0 Å². The lowest BCUT2D eigenvalue weighted by Crippen LogP contribution is -2.49. The minimum Gasteiger partial charge on any atom is -0.468 e. The molecule has 21 heavy (non-hydrogen) atoms. The van der Waals surface area contributed by atoms with Gasteiger partial charge in [0.25, 0.3) is 11.1 Å². The predicted molar refractivity (Wildman–Crippen MR) is 81.8 cm³/mol. The van der Waals surface area contributed by atoms with Crippen LogP contribution in [-0.2, 0) is 20.7 Å². The smallest absolute Gasteiger partial charge is 0.266 e. The molecule has 1 fully saturated rings. The first-order chi connectivity index (χ1) is 10.0. The van der Waals surface area contributed by atoms with E-state index in [1.165, 1.54) is 18.9 Å². The number of carbonyl (C=O) groups excluding carboxylic acids is 1. The van der Waals surface area contributed by atoms with Crippen molar-refractivity contribution >= 4 is 23.3 Å². The van der Waals surface area contributed by atoms with Crippen molar-refractivity contribution in [2.45, 2.75) is 31.6 Å². The van der Waals surface area contributed by atoms with E-state index < -0.39 is 12.2 Å². The van der Waals surface area contributed by atoms with Crippen LogP contribution in [0.4, 0.5) is 0 Å². The van der Waals surface area contributed by atoms with Crippen LogP contribution >= 0.6 is 12.2 Å². The first-order valence-corrected chi connectivity index (χ1v) is 7.20. The number of nitrogens with zero attached hydrogens (tertiary/aromatic N) is 1. The van der Waals surface area contributed by atoms with E-state index in [4.69, 9.17) is 21.7 Å². The highest BCUT2D eigenvalue weighted by molar-refractivity contribution is 7.80. The summed E-state index contributed by atoms with van der Waals surface area (Å²) >= 11 is 5.11. The molecular formula is C15H19NO4S. The van der Waals surface area contributed by atoms with E-state index in [9.17, 15) is 9.90 Å². The number of methoxy groups -OCH3 is 1. The number of amides is 1. The molecule has 0 unspecified atom stereocenters. The molecule has 114 valence electrons. The number of hydrogen-bond donors (Lipinski definition) is 1. The molecule has 5 nitrogen and oxygen atoms in total. The molecule has 1 aliphatic rings. The Morgan fingerprint density at radius 3 is 2.76 bits per heavy atom. The molecule has 6 heteroatoms. The molecule has 0 spiro atoms. The van der Waals surface area contributed by atoms with Gasteiger partial charge in [-0.1, -0.05) is 30.3 Å². The average Bonchev–Trinajstić information content (AvgIpc) is 2.81. The minimum atomic E-state index is -0.942. The lowest BCUT2D eigenvalue weighted by atomic mass is 10.1. The van der Waals surface area contributed by atoms with Gasteiger partial charge in [0.15, 0.2) is 6.10 Å². The van der Waals surface area contributed by atoms with Gasteiger partial charge >= 0.3 is 0 Å². The third-order valence-electron chi connectivity index (χ3n) is 3.45. The highest BCUT2D eigenvalue weighted by Gasteiger charge is 2.39. The molecule has 0 saturated carbocycles. The monoisotopic (exact) mass is 309 g/mol. The second-order valence-corrected chi connectivity index (χ2v) is 5.37. The summed E-state index contributed by atoms with van der Waals surface area (Å²) in [5, 5.41) is 9.79. The number of aliphatic hydroxyl groups is 1. The van der Waals surface area contributed by atoms with Crippen LogP contribution in [-0.4, -0.2) is 53.1 Å². The maximum absolute atomic E-state index is 12.5. The molecule has 1 saturated heterocycles. The average molecular weight is 309 g/mol. The van der Waals surface area contributed by atoms with E-state index in [0.717, 1.165) is 5.56 Å². The van der Waals surface area contributed by atoms with Gasteiger partial charge in [-0.05, 0) is 31.1 Å². The van der Waals surface area contributed by atoms with Crippen molar-refractivity contribution in [3.63, 3.8) is 0 Å². The van der Waals surface area contributed by atoms with Gasteiger partial charge in [0.1, 0.15) is 6.61 Å². The Morgan fingerprint density at radius 2 is 2.19 bits per heavy atom. The normalized spacial score (nSPS) is 21.0. The highest BCUT2D eigenvalue weighted by atomic mass is 32.1. The van der Waals surface area contributed by atoms with Crippen molar-refractivity contribution in [1.82, 2.24) is 4.90 Å². The Bertz CT molecular complexity index is 506. The third kappa shape index (κ3) is 3.58. The number of aliphatic hydroxyl groups excluding tert-OH is 1. The van der Waals surface area contributed by atoms with Crippen molar-refractivity contribution in [2.24, 2.45) is 0 Å². The first kappa shape index (κ1) is 15.9. The Kier molecular flexibility index (Phi) is 5.27. The van der Waals surface area contributed by atoms with E-state index in [0.29, 0.717) is 13.0 Å². The number of ether oxygens (including phenoxy) is 2. The van der Waals surface area contributed by atoms with E-state index in [-0.39, 0.29) is 17.1 Å². The minimum absolute atomic E-state index is 0.142. The molecule has 2 rings (SSSR count). The summed E-state index contributed by atoms with van der Waals surface area (Å²) in [7, 11) is 1.39. The quantitative estimate of drug-likeness (QED) is 0.827. The van der Waals surface area contributed by atoms with Crippen LogP contribution in [0.2, 0.25) is 0 Å². The van der Waals surface area contributed by atoms with Crippen molar-refractivity contribution in [1.29, 1.82) is 0 Å². The van der Waals surface area contributed by atoms with Crippen LogP contribution < -0.4 is 0 Å². The Hall–Kier alpha value is -1.50. The van der Waals surface area contributed by atoms with Gasteiger partial charge in [0.2, 0.25) is 0 Å². The molecular weight excluding hydrogens is 290 g/mol. The molecule has 1 aliphatic heterocycles. The largest absolute Gasteiger partial charge is 0.468 e. The van der Waals surface area contributed by atoms with E-state index in [1.54, 1.807) is 0 Å². The van der Waals surface area contributed by atoms with Gasteiger partial charge in [0.05, 0.1) is 12.1 Å². The number of rotatable bonds is 5. The van der Waals surface area contributed by atoms with E-state index >= 15 is 0 Å². The number of hydrogen-bond acceptors (Lipinski definition) is 5. The maximum atomic E-state index is 12.5. The molecule has 1 amide bonds. The van der Waals surface area contributed by atoms with Gasteiger partial charge in [0, 0.05) is 7.11 Å². The van der Waals surface area contributed by atoms with Crippen molar-refractivity contribution in [2.75, 3.05) is 13.7 Å². The molecule has 0 aliphatic carbocycles. The van der Waals surface area contributed by atoms with Gasteiger partial charge in [-0.15, -0.1) is 0 Å². The summed E-state index contributed by atoms with van der Waals surface area (Å²) in [6.45, 7) is 1.87. The van der Waals surface area contributed by atoms with Crippen LogP contribution in [0.3, 0.4) is 0 Å². The number of carbonyl (C=O) groups is 1. The molecule has 1 aromatic rings. The second-order valence-electron chi connectivity index (χ2n) is 5.03.